The molecular formula is C24H20N4O3. The van der Waals surface area contributed by atoms with Gasteiger partial charge in [-0.3, -0.25) is 9.97 Å². The van der Waals surface area contributed by atoms with Crippen molar-refractivity contribution in [2.45, 2.75) is 12.0 Å². The second-order valence-electron chi connectivity index (χ2n) is 7.77. The van der Waals surface area contributed by atoms with Gasteiger partial charge in [0.2, 0.25) is 0 Å². The Balaban J connectivity index is 1.53. The number of ether oxygens (including phenoxy) is 3. The largest absolute Gasteiger partial charge is 0.462 e. The quantitative estimate of drug-likeness (QED) is 0.691. The third-order valence-electron chi connectivity index (χ3n) is 5.99. The van der Waals surface area contributed by atoms with Crippen LogP contribution in [0.4, 0.5) is 0 Å². The average Bonchev–Trinajstić information content (AvgIpc) is 3.22. The van der Waals surface area contributed by atoms with E-state index in [9.17, 15) is 0 Å². The molecule has 3 aliphatic heterocycles. The zero-order valence-electron chi connectivity index (χ0n) is 16.7. The van der Waals surface area contributed by atoms with Crippen molar-refractivity contribution in [1.82, 2.24) is 9.97 Å². The van der Waals surface area contributed by atoms with Crippen molar-refractivity contribution < 1.29 is 14.2 Å². The molecule has 0 unspecified atom stereocenters. The second kappa shape index (κ2) is 6.92. The van der Waals surface area contributed by atoms with Crippen LogP contribution >= 0.6 is 0 Å². The van der Waals surface area contributed by atoms with Gasteiger partial charge in [0.15, 0.2) is 5.54 Å². The molecule has 4 heterocycles. The molecule has 1 aromatic heterocycles. The van der Waals surface area contributed by atoms with Gasteiger partial charge in [-0.25, -0.2) is 4.99 Å². The van der Waals surface area contributed by atoms with Crippen molar-refractivity contribution in [3.8, 4) is 22.8 Å². The van der Waals surface area contributed by atoms with Gasteiger partial charge in [0.25, 0.3) is 6.02 Å². The minimum Gasteiger partial charge on any atom is -0.462 e. The van der Waals surface area contributed by atoms with E-state index >= 15 is 0 Å². The van der Waals surface area contributed by atoms with Crippen LogP contribution in [-0.2, 0) is 15.0 Å². The molecule has 31 heavy (non-hydrogen) atoms. The van der Waals surface area contributed by atoms with Gasteiger partial charge in [-0.2, -0.15) is 0 Å². The Hall–Kier alpha value is -3.71. The predicted octanol–water partition coefficient (Wildman–Crippen LogP) is 3.64. The number of nitrogens with zero attached hydrogens (tertiary/aromatic N) is 3. The Morgan fingerprint density at radius 3 is 2.45 bits per heavy atom. The Morgan fingerprint density at radius 1 is 0.968 bits per heavy atom. The van der Waals surface area contributed by atoms with Crippen molar-refractivity contribution >= 4 is 11.6 Å². The number of benzene rings is 2. The first-order valence-electron chi connectivity index (χ1n) is 10.2. The number of aliphatic imine (C=N–C) groups is 1. The van der Waals surface area contributed by atoms with E-state index in [4.69, 9.17) is 24.9 Å². The molecule has 3 aromatic rings. The van der Waals surface area contributed by atoms with Crippen LogP contribution in [0.2, 0.25) is 0 Å². The maximum Gasteiger partial charge on any atom is 0.283 e. The highest BCUT2D eigenvalue weighted by Crippen LogP contribution is 2.52. The molecule has 0 saturated heterocycles. The maximum absolute atomic E-state index is 6.29. The van der Waals surface area contributed by atoms with E-state index in [1.165, 1.54) is 5.57 Å². The molecule has 6 rings (SSSR count). The lowest BCUT2D eigenvalue weighted by atomic mass is 9.79. The lowest BCUT2D eigenvalue weighted by Gasteiger charge is -2.34. The summed E-state index contributed by atoms with van der Waals surface area (Å²) in [4.78, 5) is 13.4. The van der Waals surface area contributed by atoms with E-state index in [0.717, 1.165) is 52.5 Å². The van der Waals surface area contributed by atoms with Crippen LogP contribution in [-0.4, -0.2) is 35.8 Å². The van der Waals surface area contributed by atoms with Gasteiger partial charge in [-0.05, 0) is 47.9 Å². The fourth-order valence-electron chi connectivity index (χ4n) is 4.45. The van der Waals surface area contributed by atoms with Crippen LogP contribution in [0, 0.1) is 0 Å². The topological polar surface area (TPSA) is 91.9 Å². The number of fused-ring (bicyclic) bond motifs is 4. The van der Waals surface area contributed by atoms with E-state index in [0.29, 0.717) is 13.2 Å². The standard InChI is InChI=1S/C24H20N4O3/c25-23-28-24(14-30-23)18-11-16(15-5-9-29-10-6-15)1-3-21(18)31-22-4-2-17(12-19(22)24)20-13-26-7-8-27-20/h1-5,7-8,11-13H,6,9-10,14H2,(H2,25,28)/t24-/m1/s1. The molecule has 0 saturated carbocycles. The third kappa shape index (κ3) is 2.89. The Bertz CT molecular complexity index is 1240. The first-order chi connectivity index (χ1) is 15.2. The molecule has 1 atom stereocenters. The summed E-state index contributed by atoms with van der Waals surface area (Å²) in [5, 5.41) is 0. The molecule has 7 heteroatoms. The summed E-state index contributed by atoms with van der Waals surface area (Å²) in [6.45, 7) is 1.67. The van der Waals surface area contributed by atoms with Crippen LogP contribution in [0.5, 0.6) is 11.5 Å². The summed E-state index contributed by atoms with van der Waals surface area (Å²) in [6, 6.07) is 12.4. The molecule has 0 fully saturated rings. The Morgan fingerprint density at radius 2 is 1.77 bits per heavy atom. The van der Waals surface area contributed by atoms with Gasteiger partial charge in [0.05, 0.1) is 25.1 Å². The number of hydrogen-bond donors (Lipinski definition) is 1. The summed E-state index contributed by atoms with van der Waals surface area (Å²) in [7, 11) is 0. The van der Waals surface area contributed by atoms with Gasteiger partial charge in [0.1, 0.15) is 18.1 Å². The first-order valence-corrected chi connectivity index (χ1v) is 10.2. The number of aromatic nitrogens is 2. The predicted molar refractivity (Wildman–Crippen MR) is 116 cm³/mol. The number of amidine groups is 1. The summed E-state index contributed by atoms with van der Waals surface area (Å²) < 4.78 is 17.5. The first kappa shape index (κ1) is 18.1. The van der Waals surface area contributed by atoms with Crippen LogP contribution < -0.4 is 10.5 Å². The highest BCUT2D eigenvalue weighted by molar-refractivity contribution is 5.78. The summed E-state index contributed by atoms with van der Waals surface area (Å²) >= 11 is 0. The minimum absolute atomic E-state index is 0.180. The van der Waals surface area contributed by atoms with Crippen LogP contribution in [0.3, 0.4) is 0 Å². The summed E-state index contributed by atoms with van der Waals surface area (Å²) in [5.41, 5.74) is 11.2. The molecule has 2 N–H and O–H groups in total. The molecule has 7 nitrogen and oxygen atoms in total. The van der Waals surface area contributed by atoms with E-state index < -0.39 is 5.54 Å². The van der Waals surface area contributed by atoms with Gasteiger partial charge >= 0.3 is 0 Å². The molecule has 0 radical (unpaired) electrons. The van der Waals surface area contributed by atoms with Gasteiger partial charge in [-0.15, -0.1) is 0 Å². The molecule has 3 aliphatic rings. The Labute approximate surface area is 179 Å². The van der Waals surface area contributed by atoms with Crippen LogP contribution in [0.1, 0.15) is 23.1 Å². The fourth-order valence-corrected chi connectivity index (χ4v) is 4.45. The number of hydrogen-bond acceptors (Lipinski definition) is 7. The van der Waals surface area contributed by atoms with Crippen molar-refractivity contribution in [3.05, 3.63) is 77.8 Å². The van der Waals surface area contributed by atoms with E-state index in [1.54, 1.807) is 18.6 Å². The Kier molecular flexibility index (Phi) is 4.04. The smallest absolute Gasteiger partial charge is 0.283 e. The molecule has 0 amide bonds. The number of rotatable bonds is 2. The highest BCUT2D eigenvalue weighted by atomic mass is 16.5. The third-order valence-corrected chi connectivity index (χ3v) is 5.99. The zero-order valence-corrected chi connectivity index (χ0v) is 16.7. The summed E-state index contributed by atoms with van der Waals surface area (Å²) in [5.74, 6) is 1.50. The zero-order chi connectivity index (χ0) is 20.8. The SMILES string of the molecule is NC1=N[C@]2(CO1)c1cc(C3=CCOCC3)ccc1Oc1ccc(-c3cnccn3)cc12. The number of nitrogens with two attached hydrogens (primary N) is 1. The van der Waals surface area contributed by atoms with Gasteiger partial charge in [-0.1, -0.05) is 12.1 Å². The maximum atomic E-state index is 6.29. The van der Waals surface area contributed by atoms with Gasteiger partial charge in [0, 0.05) is 29.1 Å². The van der Waals surface area contributed by atoms with Crippen LogP contribution in [0.15, 0.2) is 66.1 Å². The molecule has 0 aliphatic carbocycles. The van der Waals surface area contributed by atoms with Crippen molar-refractivity contribution in [1.29, 1.82) is 0 Å². The van der Waals surface area contributed by atoms with Crippen molar-refractivity contribution in [2.24, 2.45) is 10.7 Å². The molecule has 0 bridgehead atoms. The minimum atomic E-state index is -0.771. The van der Waals surface area contributed by atoms with Crippen LogP contribution in [0.25, 0.3) is 16.8 Å². The van der Waals surface area contributed by atoms with E-state index in [1.807, 2.05) is 24.3 Å². The van der Waals surface area contributed by atoms with Gasteiger partial charge < -0.3 is 19.9 Å². The highest BCUT2D eigenvalue weighted by Gasteiger charge is 2.47. The molecule has 154 valence electrons. The molecule has 1 spiro atoms. The van der Waals surface area contributed by atoms with Crippen molar-refractivity contribution in [2.75, 3.05) is 19.8 Å². The van der Waals surface area contributed by atoms with E-state index in [-0.39, 0.29) is 6.02 Å². The lowest BCUT2D eigenvalue weighted by Crippen LogP contribution is -2.31. The average molecular weight is 412 g/mol. The fraction of sp³-hybridized carbons (Fsp3) is 0.208. The lowest BCUT2D eigenvalue weighted by molar-refractivity contribution is 0.161. The molecule has 2 aromatic carbocycles. The monoisotopic (exact) mass is 412 g/mol. The van der Waals surface area contributed by atoms with Crippen molar-refractivity contribution in [3.63, 3.8) is 0 Å². The second-order valence-corrected chi connectivity index (χ2v) is 7.77. The summed E-state index contributed by atoms with van der Waals surface area (Å²) in [6.07, 6.45) is 8.08. The normalized spacial score (nSPS) is 21.4. The van der Waals surface area contributed by atoms with E-state index in [2.05, 4.69) is 28.2 Å². The molecular weight excluding hydrogens is 392 g/mol.